The molecule has 0 saturated carbocycles. The fraction of sp³-hybridized carbons (Fsp3) is 0.737. The molecule has 0 radical (unpaired) electrons. The van der Waals surface area contributed by atoms with E-state index in [1.165, 1.54) is 6.92 Å². The minimum Gasteiger partial charge on any atom is -0.481 e. The number of aliphatic carboxylic acids is 3. The first kappa shape index (κ1) is 29.2. The van der Waals surface area contributed by atoms with E-state index in [2.05, 4.69) is 0 Å². The van der Waals surface area contributed by atoms with E-state index in [9.17, 15) is 29.1 Å². The molecule has 0 amide bonds. The first-order valence-electron chi connectivity index (χ1n) is 9.77. The summed E-state index contributed by atoms with van der Waals surface area (Å²) < 4.78 is 15.8. The van der Waals surface area contributed by atoms with Gasteiger partial charge in [-0.2, -0.15) is 0 Å². The molecule has 0 fully saturated rings. The molecule has 0 aromatic rings. The van der Waals surface area contributed by atoms with Crippen LogP contribution in [0.5, 0.6) is 0 Å². The SMILES string of the molecule is CCC(OC(=O)CC(COCC[N+](C)(C)C)OC(=O)CC(O)(CC(=O)O)C(=O)O)C(=O)O. The Morgan fingerprint density at radius 2 is 1.53 bits per heavy atom. The van der Waals surface area contributed by atoms with Gasteiger partial charge in [0.05, 0.1) is 53.6 Å². The quantitative estimate of drug-likeness (QED) is 0.125. The number of carboxylic acids is 3. The lowest BCUT2D eigenvalue weighted by Gasteiger charge is -2.25. The van der Waals surface area contributed by atoms with Crippen LogP contribution in [0.4, 0.5) is 0 Å². The number of esters is 2. The molecule has 0 bridgehead atoms. The van der Waals surface area contributed by atoms with Crippen LogP contribution in [0.15, 0.2) is 0 Å². The Morgan fingerprint density at radius 3 is 1.97 bits per heavy atom. The van der Waals surface area contributed by atoms with Crippen molar-refractivity contribution in [2.45, 2.75) is 50.4 Å². The van der Waals surface area contributed by atoms with Crippen LogP contribution in [0.3, 0.4) is 0 Å². The molecule has 0 aliphatic carbocycles. The van der Waals surface area contributed by atoms with Gasteiger partial charge in [-0.1, -0.05) is 6.92 Å². The zero-order chi connectivity index (χ0) is 25.1. The topological polar surface area (TPSA) is 194 Å². The molecule has 0 saturated heterocycles. The standard InChI is InChI=1S/C19H31NO12/c1-5-13(17(25)26)32-15(23)8-12(11-30-7-6-20(2,3)4)31-16(24)10-19(29,18(27)28)9-14(21)22/h12-13,29H,5-11H2,1-4H3,(H2-,21,22,25,26,27,28)/p+1. The Hall–Kier alpha value is -2.77. The van der Waals surface area contributed by atoms with Crippen molar-refractivity contribution in [3.63, 3.8) is 0 Å². The maximum absolute atomic E-state index is 12.2. The second-order valence-corrected chi connectivity index (χ2v) is 8.21. The first-order chi connectivity index (χ1) is 14.6. The summed E-state index contributed by atoms with van der Waals surface area (Å²) in [6, 6.07) is 0. The summed E-state index contributed by atoms with van der Waals surface area (Å²) in [7, 11) is 5.72. The molecule has 0 heterocycles. The van der Waals surface area contributed by atoms with Crippen molar-refractivity contribution in [1.82, 2.24) is 0 Å². The Labute approximate surface area is 185 Å². The van der Waals surface area contributed by atoms with E-state index >= 15 is 0 Å². The number of quaternary nitrogens is 1. The van der Waals surface area contributed by atoms with Crippen molar-refractivity contribution in [2.24, 2.45) is 0 Å². The van der Waals surface area contributed by atoms with Gasteiger partial charge >= 0.3 is 29.8 Å². The van der Waals surface area contributed by atoms with E-state index in [-0.39, 0.29) is 19.6 Å². The van der Waals surface area contributed by atoms with E-state index in [0.29, 0.717) is 11.0 Å². The van der Waals surface area contributed by atoms with Gasteiger partial charge in [-0.05, 0) is 6.42 Å². The van der Waals surface area contributed by atoms with E-state index in [1.807, 2.05) is 21.1 Å². The highest BCUT2D eigenvalue weighted by atomic mass is 16.6. The number of carbonyl (C=O) groups excluding carboxylic acids is 2. The van der Waals surface area contributed by atoms with Gasteiger partial charge in [-0.3, -0.25) is 14.4 Å². The average Bonchev–Trinajstić information content (AvgIpc) is 2.60. The molecular weight excluding hydrogens is 434 g/mol. The van der Waals surface area contributed by atoms with Gasteiger partial charge in [0, 0.05) is 0 Å². The molecular formula is C19H32NO12+. The number of ether oxygens (including phenoxy) is 3. The fourth-order valence-corrected chi connectivity index (χ4v) is 2.32. The third-order valence-electron chi connectivity index (χ3n) is 4.10. The molecule has 0 aliphatic heterocycles. The van der Waals surface area contributed by atoms with Crippen LogP contribution in [0.2, 0.25) is 0 Å². The number of nitrogens with zero attached hydrogens (tertiary/aromatic N) is 1. The van der Waals surface area contributed by atoms with E-state index in [0.717, 1.165) is 0 Å². The zero-order valence-electron chi connectivity index (χ0n) is 18.6. The Morgan fingerprint density at radius 1 is 0.938 bits per heavy atom. The summed E-state index contributed by atoms with van der Waals surface area (Å²) in [6.07, 6.45) is -5.70. The van der Waals surface area contributed by atoms with E-state index < -0.39 is 66.9 Å². The summed E-state index contributed by atoms with van der Waals surface area (Å²) in [4.78, 5) is 57.3. The van der Waals surface area contributed by atoms with Gasteiger partial charge in [0.25, 0.3) is 0 Å². The number of hydrogen-bond donors (Lipinski definition) is 4. The summed E-state index contributed by atoms with van der Waals surface area (Å²) in [5.74, 6) is -7.21. The van der Waals surface area contributed by atoms with Crippen molar-refractivity contribution in [3.05, 3.63) is 0 Å². The lowest BCUT2D eigenvalue weighted by molar-refractivity contribution is -0.870. The second-order valence-electron chi connectivity index (χ2n) is 8.21. The van der Waals surface area contributed by atoms with Crippen LogP contribution in [0.25, 0.3) is 0 Å². The smallest absolute Gasteiger partial charge is 0.345 e. The molecule has 0 aromatic carbocycles. The molecule has 184 valence electrons. The van der Waals surface area contributed by atoms with Gasteiger partial charge in [-0.25, -0.2) is 9.59 Å². The van der Waals surface area contributed by atoms with Gasteiger partial charge in [-0.15, -0.1) is 0 Å². The van der Waals surface area contributed by atoms with Crippen molar-refractivity contribution in [3.8, 4) is 0 Å². The molecule has 3 unspecified atom stereocenters. The van der Waals surface area contributed by atoms with Gasteiger partial charge in [0.2, 0.25) is 0 Å². The van der Waals surface area contributed by atoms with Gasteiger partial charge in [0.15, 0.2) is 11.7 Å². The van der Waals surface area contributed by atoms with Crippen molar-refractivity contribution in [1.29, 1.82) is 0 Å². The highest BCUT2D eigenvalue weighted by molar-refractivity contribution is 5.88. The molecule has 32 heavy (non-hydrogen) atoms. The minimum absolute atomic E-state index is 0.00631. The zero-order valence-corrected chi connectivity index (χ0v) is 18.6. The maximum atomic E-state index is 12.2. The average molecular weight is 466 g/mol. The van der Waals surface area contributed by atoms with Crippen molar-refractivity contribution < 1.29 is 63.1 Å². The molecule has 0 aliphatic rings. The van der Waals surface area contributed by atoms with Crippen LogP contribution in [0, 0.1) is 0 Å². The molecule has 0 spiro atoms. The molecule has 13 nitrogen and oxygen atoms in total. The predicted molar refractivity (Wildman–Crippen MR) is 105 cm³/mol. The highest BCUT2D eigenvalue weighted by Gasteiger charge is 2.42. The highest BCUT2D eigenvalue weighted by Crippen LogP contribution is 2.18. The number of aliphatic hydroxyl groups is 1. The number of hydrogen-bond acceptors (Lipinski definition) is 9. The normalized spacial score (nSPS) is 15.2. The van der Waals surface area contributed by atoms with Gasteiger partial charge < -0.3 is 39.1 Å². The monoisotopic (exact) mass is 466 g/mol. The molecule has 0 rings (SSSR count). The largest absolute Gasteiger partial charge is 0.481 e. The summed E-state index contributed by atoms with van der Waals surface area (Å²) in [5.41, 5.74) is -2.91. The summed E-state index contributed by atoms with van der Waals surface area (Å²) in [5, 5.41) is 36.8. The molecule has 4 N–H and O–H groups in total. The van der Waals surface area contributed by atoms with Gasteiger partial charge in [0.1, 0.15) is 12.6 Å². The van der Waals surface area contributed by atoms with Crippen LogP contribution in [-0.2, 0) is 38.2 Å². The number of rotatable bonds is 16. The molecule has 0 aromatic heterocycles. The maximum Gasteiger partial charge on any atom is 0.345 e. The number of carboxylic acid groups (broad SMARTS) is 3. The minimum atomic E-state index is -2.91. The van der Waals surface area contributed by atoms with Crippen LogP contribution >= 0.6 is 0 Å². The summed E-state index contributed by atoms with van der Waals surface area (Å²) in [6.45, 7) is 1.98. The Bertz CT molecular complexity index is 686. The third kappa shape index (κ3) is 12.2. The number of carbonyl (C=O) groups is 5. The van der Waals surface area contributed by atoms with Crippen LogP contribution in [0.1, 0.15) is 32.6 Å². The molecule has 13 heteroatoms. The lowest BCUT2D eigenvalue weighted by atomic mass is 9.96. The van der Waals surface area contributed by atoms with Crippen molar-refractivity contribution >= 4 is 29.8 Å². The van der Waals surface area contributed by atoms with E-state index in [4.69, 9.17) is 29.5 Å². The number of likely N-dealkylation sites (N-methyl/N-ethyl adjacent to an activating group) is 1. The van der Waals surface area contributed by atoms with E-state index in [1.54, 1.807) is 0 Å². The first-order valence-corrected chi connectivity index (χ1v) is 9.77. The third-order valence-corrected chi connectivity index (χ3v) is 4.10. The Kier molecular flexibility index (Phi) is 11.8. The van der Waals surface area contributed by atoms with Crippen LogP contribution < -0.4 is 0 Å². The fourth-order valence-electron chi connectivity index (χ4n) is 2.32. The Balaban J connectivity index is 5.21. The van der Waals surface area contributed by atoms with Crippen LogP contribution in [-0.4, -0.2) is 113 Å². The molecule has 3 atom stereocenters. The predicted octanol–water partition coefficient (Wildman–Crippen LogP) is -0.902. The van der Waals surface area contributed by atoms with Crippen molar-refractivity contribution in [2.75, 3.05) is 40.9 Å². The second kappa shape index (κ2) is 12.9. The lowest BCUT2D eigenvalue weighted by Crippen LogP contribution is -2.44. The summed E-state index contributed by atoms with van der Waals surface area (Å²) >= 11 is 0.